The summed E-state index contributed by atoms with van der Waals surface area (Å²) in [5, 5.41) is 11.6. The second-order valence-corrected chi connectivity index (χ2v) is 5.76. The summed E-state index contributed by atoms with van der Waals surface area (Å²) in [6.07, 6.45) is 0. The zero-order chi connectivity index (χ0) is 17.6. The Labute approximate surface area is 146 Å². The number of nitrogens with one attached hydrogen (secondary N) is 1. The minimum atomic E-state index is -0.220. The number of carbonyl (C=O) groups is 1. The monoisotopic (exact) mass is 337 g/mol. The van der Waals surface area contributed by atoms with Crippen LogP contribution in [0.2, 0.25) is 0 Å². The van der Waals surface area contributed by atoms with Gasteiger partial charge in [0.05, 0.1) is 31.4 Å². The van der Waals surface area contributed by atoms with E-state index in [9.17, 15) is 4.79 Å². The Morgan fingerprint density at radius 2 is 2.00 bits per heavy atom. The van der Waals surface area contributed by atoms with E-state index in [1.807, 2.05) is 19.1 Å². The molecule has 1 saturated heterocycles. The van der Waals surface area contributed by atoms with E-state index in [-0.39, 0.29) is 12.5 Å². The number of nitrogens with zero attached hydrogens (tertiary/aromatic N) is 4. The molecule has 0 atom stereocenters. The first kappa shape index (κ1) is 16.9. The van der Waals surface area contributed by atoms with Crippen molar-refractivity contribution in [1.29, 1.82) is 5.26 Å². The van der Waals surface area contributed by atoms with Crippen LogP contribution in [0, 0.1) is 18.3 Å². The highest BCUT2D eigenvalue weighted by Gasteiger charge is 2.14. The first-order valence-corrected chi connectivity index (χ1v) is 8.11. The van der Waals surface area contributed by atoms with Gasteiger partial charge in [0.25, 0.3) is 5.91 Å². The van der Waals surface area contributed by atoms with Crippen LogP contribution in [-0.2, 0) is 11.3 Å². The first-order chi connectivity index (χ1) is 12.2. The molecule has 0 aliphatic carbocycles. The van der Waals surface area contributed by atoms with E-state index in [1.54, 1.807) is 24.3 Å². The van der Waals surface area contributed by atoms with E-state index in [1.165, 1.54) is 0 Å². The van der Waals surface area contributed by atoms with Crippen LogP contribution in [0.1, 0.15) is 27.4 Å². The topological polar surface area (TPSA) is 91.1 Å². The Morgan fingerprint density at radius 3 is 2.68 bits per heavy atom. The average Bonchev–Trinajstić information content (AvgIpc) is 2.66. The highest BCUT2D eigenvalue weighted by atomic mass is 16.5. The van der Waals surface area contributed by atoms with Crippen molar-refractivity contribution in [2.75, 3.05) is 31.2 Å². The predicted molar refractivity (Wildman–Crippen MR) is 92.1 cm³/mol. The Bertz CT molecular complexity index is 792. The summed E-state index contributed by atoms with van der Waals surface area (Å²) in [7, 11) is 0. The van der Waals surface area contributed by atoms with Crippen molar-refractivity contribution in [3.05, 3.63) is 53.0 Å². The number of anilines is 1. The Balaban J connectivity index is 1.66. The molecule has 3 rings (SSSR count). The van der Waals surface area contributed by atoms with E-state index in [0.717, 1.165) is 24.6 Å². The van der Waals surface area contributed by atoms with Gasteiger partial charge in [0.15, 0.2) is 0 Å². The molecule has 2 heterocycles. The predicted octanol–water partition coefficient (Wildman–Crippen LogP) is 1.42. The third-order valence-electron chi connectivity index (χ3n) is 3.91. The van der Waals surface area contributed by atoms with Crippen LogP contribution in [0.15, 0.2) is 30.3 Å². The lowest BCUT2D eigenvalue weighted by molar-refractivity contribution is 0.0950. The van der Waals surface area contributed by atoms with E-state index < -0.39 is 0 Å². The van der Waals surface area contributed by atoms with Crippen molar-refractivity contribution in [2.24, 2.45) is 0 Å². The molecule has 25 heavy (non-hydrogen) atoms. The minimum absolute atomic E-state index is 0.220. The molecule has 1 aliphatic rings. The summed E-state index contributed by atoms with van der Waals surface area (Å²) in [4.78, 5) is 23.3. The fourth-order valence-electron chi connectivity index (χ4n) is 2.60. The van der Waals surface area contributed by atoms with Gasteiger partial charge in [-0.25, -0.2) is 9.97 Å². The van der Waals surface area contributed by atoms with Crippen LogP contribution in [-0.4, -0.2) is 42.2 Å². The number of hydrogen-bond donors (Lipinski definition) is 1. The molecule has 2 aromatic rings. The standard InChI is InChI=1S/C18H19N5O2/c1-13-10-17(23-6-8-25-9-7-23)22-16(21-13)12-20-18(24)15-4-2-14(11-19)3-5-15/h2-5,10H,6-9,12H2,1H3,(H,20,24). The van der Waals surface area contributed by atoms with E-state index in [4.69, 9.17) is 10.00 Å². The number of hydrogen-bond acceptors (Lipinski definition) is 6. The van der Waals surface area contributed by atoms with E-state index >= 15 is 0 Å². The summed E-state index contributed by atoms with van der Waals surface area (Å²) in [5.41, 5.74) is 1.88. The number of carbonyl (C=O) groups excluding carboxylic acids is 1. The van der Waals surface area contributed by atoms with Gasteiger partial charge < -0.3 is 15.0 Å². The number of ether oxygens (including phenoxy) is 1. The molecular formula is C18H19N5O2. The van der Waals surface area contributed by atoms with Crippen LogP contribution in [0.5, 0.6) is 0 Å². The third kappa shape index (κ3) is 4.31. The van der Waals surface area contributed by atoms with Crippen molar-refractivity contribution in [3.63, 3.8) is 0 Å². The molecule has 7 nitrogen and oxygen atoms in total. The fourth-order valence-corrected chi connectivity index (χ4v) is 2.60. The molecule has 0 bridgehead atoms. The van der Waals surface area contributed by atoms with Gasteiger partial charge in [-0.15, -0.1) is 0 Å². The Kier molecular flexibility index (Phi) is 5.21. The number of aromatic nitrogens is 2. The fraction of sp³-hybridized carbons (Fsp3) is 0.333. The zero-order valence-electron chi connectivity index (χ0n) is 14.0. The van der Waals surface area contributed by atoms with Crippen LogP contribution >= 0.6 is 0 Å². The smallest absolute Gasteiger partial charge is 0.251 e. The number of morpholine rings is 1. The van der Waals surface area contributed by atoms with Crippen molar-refractivity contribution >= 4 is 11.7 Å². The molecule has 1 N–H and O–H groups in total. The van der Waals surface area contributed by atoms with Crippen molar-refractivity contribution in [1.82, 2.24) is 15.3 Å². The van der Waals surface area contributed by atoms with Gasteiger partial charge in [0.2, 0.25) is 0 Å². The van der Waals surface area contributed by atoms with Gasteiger partial charge in [-0.2, -0.15) is 5.26 Å². The number of aryl methyl sites for hydroxylation is 1. The SMILES string of the molecule is Cc1cc(N2CCOCC2)nc(CNC(=O)c2ccc(C#N)cc2)n1. The summed E-state index contributed by atoms with van der Waals surface area (Å²) in [5.74, 6) is 1.21. The number of amides is 1. The summed E-state index contributed by atoms with van der Waals surface area (Å²) >= 11 is 0. The number of benzene rings is 1. The zero-order valence-corrected chi connectivity index (χ0v) is 14.0. The second kappa shape index (κ2) is 7.73. The molecule has 7 heteroatoms. The minimum Gasteiger partial charge on any atom is -0.378 e. The number of nitriles is 1. The lowest BCUT2D eigenvalue weighted by Crippen LogP contribution is -2.37. The van der Waals surface area contributed by atoms with Crippen LogP contribution in [0.25, 0.3) is 0 Å². The van der Waals surface area contributed by atoms with E-state index in [0.29, 0.717) is 30.2 Å². The lowest BCUT2D eigenvalue weighted by Gasteiger charge is -2.28. The molecule has 0 spiro atoms. The molecule has 0 radical (unpaired) electrons. The largest absolute Gasteiger partial charge is 0.378 e. The second-order valence-electron chi connectivity index (χ2n) is 5.76. The molecule has 0 unspecified atom stereocenters. The highest BCUT2D eigenvalue weighted by Crippen LogP contribution is 2.14. The van der Waals surface area contributed by atoms with Crippen LogP contribution in [0.4, 0.5) is 5.82 Å². The van der Waals surface area contributed by atoms with Crippen molar-refractivity contribution < 1.29 is 9.53 Å². The van der Waals surface area contributed by atoms with Gasteiger partial charge in [-0.3, -0.25) is 4.79 Å². The summed E-state index contributed by atoms with van der Waals surface area (Å²) in [6.45, 7) is 5.14. The maximum absolute atomic E-state index is 12.2. The molecular weight excluding hydrogens is 318 g/mol. The lowest BCUT2D eigenvalue weighted by atomic mass is 10.1. The Morgan fingerprint density at radius 1 is 1.28 bits per heavy atom. The normalized spacial score (nSPS) is 14.0. The molecule has 1 fully saturated rings. The molecule has 1 aromatic carbocycles. The van der Waals surface area contributed by atoms with Crippen LogP contribution in [0.3, 0.4) is 0 Å². The maximum Gasteiger partial charge on any atom is 0.251 e. The van der Waals surface area contributed by atoms with Gasteiger partial charge >= 0.3 is 0 Å². The van der Waals surface area contributed by atoms with Crippen molar-refractivity contribution in [3.8, 4) is 6.07 Å². The third-order valence-corrected chi connectivity index (χ3v) is 3.91. The van der Waals surface area contributed by atoms with Gasteiger partial charge in [0.1, 0.15) is 11.6 Å². The van der Waals surface area contributed by atoms with Crippen molar-refractivity contribution in [2.45, 2.75) is 13.5 Å². The van der Waals surface area contributed by atoms with Crippen LogP contribution < -0.4 is 10.2 Å². The molecule has 0 saturated carbocycles. The molecule has 1 aromatic heterocycles. The summed E-state index contributed by atoms with van der Waals surface area (Å²) < 4.78 is 5.36. The summed E-state index contributed by atoms with van der Waals surface area (Å²) in [6, 6.07) is 10.5. The first-order valence-electron chi connectivity index (χ1n) is 8.11. The quantitative estimate of drug-likeness (QED) is 0.907. The Hall–Kier alpha value is -2.98. The molecule has 1 amide bonds. The highest BCUT2D eigenvalue weighted by molar-refractivity contribution is 5.94. The number of rotatable bonds is 4. The van der Waals surface area contributed by atoms with Gasteiger partial charge in [0, 0.05) is 30.4 Å². The van der Waals surface area contributed by atoms with Gasteiger partial charge in [-0.1, -0.05) is 0 Å². The average molecular weight is 337 g/mol. The molecule has 1 aliphatic heterocycles. The van der Waals surface area contributed by atoms with E-state index in [2.05, 4.69) is 20.2 Å². The van der Waals surface area contributed by atoms with Gasteiger partial charge in [-0.05, 0) is 31.2 Å². The molecule has 128 valence electrons. The maximum atomic E-state index is 12.2.